The quantitative estimate of drug-likeness (QED) is 0.413. The molecule has 0 saturated carbocycles. The van der Waals surface area contributed by atoms with Crippen molar-refractivity contribution in [2.24, 2.45) is 0 Å². The van der Waals surface area contributed by atoms with E-state index < -0.39 is 11.6 Å². The van der Waals surface area contributed by atoms with Crippen LogP contribution in [0.1, 0.15) is 65.6 Å². The fourth-order valence-electron chi connectivity index (χ4n) is 6.93. The standard InChI is InChI=1S/C28H28FN3O5/c1-3-28(36)18-8-22-25-16(10-32(22)26(34)17(18)12-37-27(28)35)24-21(31-7-6-14(31)11-33)5-4-15-13(2)19(29)9-20(30-25)23(15)24/h8-9,14,21,33,36H,3-7,10-12H2,1-2H3/t14?,21-,28+/m1/s1. The zero-order valence-electron chi connectivity index (χ0n) is 20.8. The van der Waals surface area contributed by atoms with Gasteiger partial charge in [0.15, 0.2) is 5.60 Å². The summed E-state index contributed by atoms with van der Waals surface area (Å²) < 4.78 is 21.8. The van der Waals surface area contributed by atoms with E-state index in [-0.39, 0.29) is 54.2 Å². The number of aryl methyl sites for hydroxylation is 1. The number of carbonyl (C=O) groups is 1. The van der Waals surface area contributed by atoms with Crippen LogP contribution in [0.25, 0.3) is 22.3 Å². The molecule has 0 amide bonds. The molecule has 2 N–H and O–H groups in total. The van der Waals surface area contributed by atoms with Crippen LogP contribution in [-0.2, 0) is 34.7 Å². The second-order valence-electron chi connectivity index (χ2n) is 10.7. The molecule has 3 aliphatic heterocycles. The topological polar surface area (TPSA) is 105 Å². The molecule has 192 valence electrons. The van der Waals surface area contributed by atoms with Gasteiger partial charge in [-0.15, -0.1) is 0 Å². The zero-order valence-corrected chi connectivity index (χ0v) is 20.8. The average molecular weight is 506 g/mol. The van der Waals surface area contributed by atoms with Gasteiger partial charge in [-0.1, -0.05) is 6.92 Å². The number of fused-ring (bicyclic) bond motifs is 5. The van der Waals surface area contributed by atoms with Crippen LogP contribution in [0.3, 0.4) is 0 Å². The maximum absolute atomic E-state index is 15.0. The monoisotopic (exact) mass is 505 g/mol. The average Bonchev–Trinajstić information content (AvgIpc) is 3.24. The summed E-state index contributed by atoms with van der Waals surface area (Å²) in [4.78, 5) is 33.4. The van der Waals surface area contributed by atoms with Crippen molar-refractivity contribution in [3.63, 3.8) is 0 Å². The molecule has 3 aromatic rings. The van der Waals surface area contributed by atoms with Crippen LogP contribution in [-0.4, -0.2) is 49.8 Å². The molecule has 1 aliphatic carbocycles. The Hall–Kier alpha value is -3.14. The van der Waals surface area contributed by atoms with E-state index in [2.05, 4.69) is 4.90 Å². The molecule has 8 nitrogen and oxygen atoms in total. The Morgan fingerprint density at radius 3 is 2.73 bits per heavy atom. The van der Waals surface area contributed by atoms with Crippen molar-refractivity contribution in [1.29, 1.82) is 0 Å². The number of nitrogens with zero attached hydrogens (tertiary/aromatic N) is 3. The summed E-state index contributed by atoms with van der Waals surface area (Å²) in [5.74, 6) is -1.07. The number of esters is 1. The van der Waals surface area contributed by atoms with Crippen LogP contribution >= 0.6 is 0 Å². The first-order chi connectivity index (χ1) is 17.8. The lowest BCUT2D eigenvalue weighted by atomic mass is 9.79. The Morgan fingerprint density at radius 1 is 1.22 bits per heavy atom. The van der Waals surface area contributed by atoms with Gasteiger partial charge in [0, 0.05) is 41.2 Å². The van der Waals surface area contributed by atoms with Gasteiger partial charge in [0.1, 0.15) is 12.4 Å². The van der Waals surface area contributed by atoms with E-state index in [1.54, 1.807) is 24.5 Å². The van der Waals surface area contributed by atoms with Gasteiger partial charge in [0.05, 0.1) is 35.6 Å². The van der Waals surface area contributed by atoms with Gasteiger partial charge in [-0.05, 0) is 55.4 Å². The van der Waals surface area contributed by atoms with Crippen LogP contribution in [0.5, 0.6) is 0 Å². The van der Waals surface area contributed by atoms with Gasteiger partial charge in [0.25, 0.3) is 5.56 Å². The summed E-state index contributed by atoms with van der Waals surface area (Å²) >= 11 is 0. The van der Waals surface area contributed by atoms with E-state index in [9.17, 15) is 19.8 Å². The molecular formula is C28H28FN3O5. The number of cyclic esters (lactones) is 1. The molecule has 37 heavy (non-hydrogen) atoms. The minimum atomic E-state index is -1.90. The van der Waals surface area contributed by atoms with Gasteiger partial charge in [0.2, 0.25) is 0 Å². The van der Waals surface area contributed by atoms with Crippen molar-refractivity contribution in [2.75, 3.05) is 13.2 Å². The fraction of sp³-hybridized carbons (Fsp3) is 0.464. The van der Waals surface area contributed by atoms with Gasteiger partial charge in [-0.25, -0.2) is 14.2 Å². The molecule has 0 radical (unpaired) electrons. The van der Waals surface area contributed by atoms with Crippen molar-refractivity contribution in [3.05, 3.63) is 61.7 Å². The van der Waals surface area contributed by atoms with Crippen molar-refractivity contribution in [3.8, 4) is 11.4 Å². The number of carbonyl (C=O) groups excluding carboxylic acids is 1. The first-order valence-corrected chi connectivity index (χ1v) is 13.0. The highest BCUT2D eigenvalue weighted by Gasteiger charge is 2.46. The third kappa shape index (κ3) is 2.85. The molecule has 1 aromatic carbocycles. The molecule has 0 bridgehead atoms. The van der Waals surface area contributed by atoms with Crippen molar-refractivity contribution in [2.45, 2.75) is 70.4 Å². The lowest BCUT2D eigenvalue weighted by molar-refractivity contribution is -0.172. The third-order valence-electron chi connectivity index (χ3n) is 9.15. The Labute approximate surface area is 212 Å². The molecule has 1 saturated heterocycles. The normalized spacial score (nSPS) is 25.9. The van der Waals surface area contributed by atoms with Gasteiger partial charge in [-0.2, -0.15) is 0 Å². The van der Waals surface area contributed by atoms with Crippen molar-refractivity contribution >= 4 is 16.9 Å². The summed E-state index contributed by atoms with van der Waals surface area (Å²) in [5.41, 5.74) is 3.54. The number of aliphatic hydroxyl groups is 2. The third-order valence-corrected chi connectivity index (χ3v) is 9.15. The Bertz CT molecular complexity index is 1600. The largest absolute Gasteiger partial charge is 0.458 e. The Kier molecular flexibility index (Phi) is 4.78. The smallest absolute Gasteiger partial charge is 0.343 e. The SMILES string of the molecule is CC[C@@]1(O)C(=O)OCc2c1cc1n(c2=O)Cc2c-1nc1cc(F)c(C)c3c1c2[C@H](N1CCC1CO)CC3. The number of hydrogen-bond acceptors (Lipinski definition) is 7. The van der Waals surface area contributed by atoms with Gasteiger partial charge < -0.3 is 19.5 Å². The zero-order chi connectivity index (χ0) is 25.8. The molecule has 9 heteroatoms. The van der Waals surface area contributed by atoms with Crippen LogP contribution in [0.4, 0.5) is 4.39 Å². The first-order valence-electron chi connectivity index (χ1n) is 13.0. The van der Waals surface area contributed by atoms with E-state index in [4.69, 9.17) is 9.72 Å². The molecule has 0 spiro atoms. The molecule has 2 aromatic heterocycles. The summed E-state index contributed by atoms with van der Waals surface area (Å²) in [7, 11) is 0. The molecule has 3 atom stereocenters. The maximum Gasteiger partial charge on any atom is 0.343 e. The molecule has 5 heterocycles. The van der Waals surface area contributed by atoms with E-state index in [1.165, 1.54) is 6.07 Å². The highest BCUT2D eigenvalue weighted by atomic mass is 19.1. The highest BCUT2D eigenvalue weighted by molar-refractivity contribution is 5.93. The van der Waals surface area contributed by atoms with Crippen LogP contribution in [0, 0.1) is 12.7 Å². The molecule has 7 rings (SSSR count). The number of halogens is 1. The number of rotatable bonds is 3. The number of hydrogen-bond donors (Lipinski definition) is 2. The van der Waals surface area contributed by atoms with E-state index in [0.29, 0.717) is 29.0 Å². The summed E-state index contributed by atoms with van der Waals surface area (Å²) in [6, 6.07) is 3.27. The van der Waals surface area contributed by atoms with E-state index in [1.807, 2.05) is 0 Å². The predicted octanol–water partition coefficient (Wildman–Crippen LogP) is 2.58. The number of pyridine rings is 2. The van der Waals surface area contributed by atoms with Gasteiger partial charge in [-0.3, -0.25) is 9.69 Å². The molecule has 4 aliphatic rings. The number of benzene rings is 1. The minimum Gasteiger partial charge on any atom is -0.458 e. The van der Waals surface area contributed by atoms with Crippen LogP contribution in [0.2, 0.25) is 0 Å². The van der Waals surface area contributed by atoms with Crippen LogP contribution < -0.4 is 5.56 Å². The number of likely N-dealkylation sites (tertiary alicyclic amines) is 1. The number of ether oxygens (including phenoxy) is 1. The molecular weight excluding hydrogens is 477 g/mol. The number of aromatic nitrogens is 2. The molecule has 1 fully saturated rings. The van der Waals surface area contributed by atoms with E-state index >= 15 is 4.39 Å². The van der Waals surface area contributed by atoms with E-state index in [0.717, 1.165) is 47.9 Å². The predicted molar refractivity (Wildman–Crippen MR) is 132 cm³/mol. The summed E-state index contributed by atoms with van der Waals surface area (Å²) in [6.45, 7) is 4.55. The van der Waals surface area contributed by atoms with Gasteiger partial charge >= 0.3 is 5.97 Å². The Morgan fingerprint density at radius 2 is 2.03 bits per heavy atom. The lowest BCUT2D eigenvalue weighted by Gasteiger charge is -2.47. The maximum atomic E-state index is 15.0. The second-order valence-corrected chi connectivity index (χ2v) is 10.7. The van der Waals surface area contributed by atoms with Crippen LogP contribution in [0.15, 0.2) is 16.9 Å². The summed E-state index contributed by atoms with van der Waals surface area (Å²) in [6.07, 6.45) is 2.50. The number of aliphatic hydroxyl groups excluding tert-OH is 1. The van der Waals surface area contributed by atoms with Crippen molar-refractivity contribution in [1.82, 2.24) is 14.5 Å². The first kappa shape index (κ1) is 23.0. The Balaban J connectivity index is 1.52. The lowest BCUT2D eigenvalue weighted by Crippen LogP contribution is -2.52. The van der Waals surface area contributed by atoms with Crippen molar-refractivity contribution < 1.29 is 24.1 Å². The summed E-state index contributed by atoms with van der Waals surface area (Å²) in [5, 5.41) is 22.1. The minimum absolute atomic E-state index is 0.0274. The fourth-order valence-corrected chi connectivity index (χ4v) is 6.93. The molecule has 1 unspecified atom stereocenters. The highest BCUT2D eigenvalue weighted by Crippen LogP contribution is 2.49. The second kappa shape index (κ2) is 7.69.